The minimum atomic E-state index is -0.534. The van der Waals surface area contributed by atoms with E-state index in [4.69, 9.17) is 5.26 Å². The highest BCUT2D eigenvalue weighted by molar-refractivity contribution is 5.59. The molecular weight excluding hydrogens is 266 g/mol. The van der Waals surface area contributed by atoms with Gasteiger partial charge in [0, 0.05) is 17.8 Å². The quantitative estimate of drug-likeness (QED) is 0.691. The van der Waals surface area contributed by atoms with Crippen LogP contribution in [0, 0.1) is 21.4 Å². The Labute approximate surface area is 122 Å². The molecule has 0 spiro atoms. The summed E-state index contributed by atoms with van der Waals surface area (Å²) in [5.74, 6) is 0. The molecule has 0 radical (unpaired) electrons. The monoisotopic (exact) mass is 279 g/mol. The molecule has 1 aliphatic rings. The molecule has 3 rings (SSSR count). The molecule has 2 aromatic carbocycles. The van der Waals surface area contributed by atoms with Crippen LogP contribution in [-0.4, -0.2) is 11.0 Å². The summed E-state index contributed by atoms with van der Waals surface area (Å²) < 4.78 is 0. The lowest BCUT2D eigenvalue weighted by molar-refractivity contribution is -0.385. The van der Waals surface area contributed by atoms with Crippen LogP contribution in [0.15, 0.2) is 42.5 Å². The normalized spacial score (nSPS) is 13.5. The molecule has 1 N–H and O–H groups in total. The molecule has 0 bridgehead atoms. The topological polar surface area (TPSA) is 79.0 Å². The van der Waals surface area contributed by atoms with Crippen LogP contribution in [0.1, 0.15) is 16.7 Å². The number of nitriles is 1. The van der Waals surface area contributed by atoms with E-state index in [2.05, 4.69) is 17.4 Å². The van der Waals surface area contributed by atoms with Crippen LogP contribution in [0.3, 0.4) is 0 Å². The number of hydrogen-bond donors (Lipinski definition) is 1. The SMILES string of the molecule is N#Cc1cc(NC2Cc3ccccc3C2)ccc1[N+](=O)[O-]. The Hall–Kier alpha value is -2.87. The third-order valence-electron chi connectivity index (χ3n) is 3.74. The molecule has 1 aliphatic carbocycles. The first-order valence-electron chi connectivity index (χ1n) is 6.69. The molecule has 21 heavy (non-hydrogen) atoms. The summed E-state index contributed by atoms with van der Waals surface area (Å²) in [4.78, 5) is 10.3. The highest BCUT2D eigenvalue weighted by atomic mass is 16.6. The molecule has 0 amide bonds. The molecule has 2 aromatic rings. The average Bonchev–Trinajstić information content (AvgIpc) is 2.88. The van der Waals surface area contributed by atoms with Crippen molar-refractivity contribution in [3.05, 3.63) is 69.3 Å². The maximum atomic E-state index is 10.8. The largest absolute Gasteiger partial charge is 0.382 e. The van der Waals surface area contributed by atoms with E-state index in [-0.39, 0.29) is 17.3 Å². The Kier molecular flexibility index (Phi) is 3.28. The first kappa shape index (κ1) is 13.1. The van der Waals surface area contributed by atoms with Gasteiger partial charge in [0.1, 0.15) is 11.6 Å². The van der Waals surface area contributed by atoms with Crippen molar-refractivity contribution >= 4 is 11.4 Å². The molecule has 0 heterocycles. The second-order valence-corrected chi connectivity index (χ2v) is 5.12. The Balaban J connectivity index is 1.78. The van der Waals surface area contributed by atoms with Crippen molar-refractivity contribution in [3.8, 4) is 6.07 Å². The summed E-state index contributed by atoms with van der Waals surface area (Å²) in [5, 5.41) is 23.2. The predicted molar refractivity (Wildman–Crippen MR) is 79.1 cm³/mol. The first-order chi connectivity index (χ1) is 10.2. The van der Waals surface area contributed by atoms with Gasteiger partial charge in [0.15, 0.2) is 0 Å². The Bertz CT molecular complexity index is 724. The molecular formula is C16H13N3O2. The zero-order chi connectivity index (χ0) is 14.8. The molecule has 5 nitrogen and oxygen atoms in total. The number of anilines is 1. The van der Waals surface area contributed by atoms with Gasteiger partial charge < -0.3 is 5.32 Å². The minimum absolute atomic E-state index is 0.0838. The van der Waals surface area contributed by atoms with Crippen LogP contribution >= 0.6 is 0 Å². The zero-order valence-electron chi connectivity index (χ0n) is 11.2. The zero-order valence-corrected chi connectivity index (χ0v) is 11.2. The lowest BCUT2D eigenvalue weighted by Crippen LogP contribution is -2.19. The molecule has 104 valence electrons. The predicted octanol–water partition coefficient (Wildman–Crippen LogP) is 3.05. The van der Waals surface area contributed by atoms with Gasteiger partial charge in [-0.1, -0.05) is 24.3 Å². The third-order valence-corrected chi connectivity index (χ3v) is 3.74. The van der Waals surface area contributed by atoms with E-state index in [9.17, 15) is 10.1 Å². The number of nitrogens with one attached hydrogen (secondary N) is 1. The molecule has 0 aromatic heterocycles. The van der Waals surface area contributed by atoms with Gasteiger partial charge in [0.25, 0.3) is 5.69 Å². The summed E-state index contributed by atoms with van der Waals surface area (Å²) in [6.07, 6.45) is 1.85. The number of rotatable bonds is 3. The van der Waals surface area contributed by atoms with Crippen LogP contribution < -0.4 is 5.32 Å². The maximum absolute atomic E-state index is 10.8. The molecule has 0 aliphatic heterocycles. The Morgan fingerprint density at radius 3 is 2.43 bits per heavy atom. The summed E-state index contributed by atoms with van der Waals surface area (Å²) in [5.41, 5.74) is 3.34. The van der Waals surface area contributed by atoms with Crippen molar-refractivity contribution < 1.29 is 4.92 Å². The number of nitro benzene ring substituents is 1. The molecule has 0 saturated heterocycles. The highest BCUT2D eigenvalue weighted by Gasteiger charge is 2.21. The number of nitrogens with zero attached hydrogens (tertiary/aromatic N) is 2. The number of benzene rings is 2. The van der Waals surface area contributed by atoms with Gasteiger partial charge in [-0.2, -0.15) is 5.26 Å². The van der Waals surface area contributed by atoms with Crippen molar-refractivity contribution in [2.45, 2.75) is 18.9 Å². The fraction of sp³-hybridized carbons (Fsp3) is 0.188. The van der Waals surface area contributed by atoms with Gasteiger partial charge in [0.05, 0.1) is 4.92 Å². The summed E-state index contributed by atoms with van der Waals surface area (Å²) >= 11 is 0. The van der Waals surface area contributed by atoms with Crippen LogP contribution in [0.2, 0.25) is 0 Å². The lowest BCUT2D eigenvalue weighted by atomic mass is 10.1. The van der Waals surface area contributed by atoms with E-state index in [0.717, 1.165) is 18.5 Å². The fourth-order valence-electron chi connectivity index (χ4n) is 2.77. The van der Waals surface area contributed by atoms with Gasteiger partial charge in [0.2, 0.25) is 0 Å². The van der Waals surface area contributed by atoms with Crippen molar-refractivity contribution in [2.75, 3.05) is 5.32 Å². The standard InChI is InChI=1S/C16H13N3O2/c17-10-13-9-14(5-6-16(13)19(20)21)18-15-7-11-3-1-2-4-12(11)8-15/h1-6,9,15,18H,7-8H2. The van der Waals surface area contributed by atoms with Crippen molar-refractivity contribution in [2.24, 2.45) is 0 Å². The summed E-state index contributed by atoms with van der Waals surface area (Å²) in [7, 11) is 0. The van der Waals surface area contributed by atoms with Crippen molar-refractivity contribution in [3.63, 3.8) is 0 Å². The first-order valence-corrected chi connectivity index (χ1v) is 6.69. The second kappa shape index (κ2) is 5.25. The van der Waals surface area contributed by atoms with Gasteiger partial charge in [-0.3, -0.25) is 10.1 Å². The van der Waals surface area contributed by atoms with E-state index in [1.165, 1.54) is 17.2 Å². The molecule has 5 heteroatoms. The highest BCUT2D eigenvalue weighted by Crippen LogP contribution is 2.27. The molecule has 0 saturated carbocycles. The summed E-state index contributed by atoms with van der Waals surface area (Å²) in [6.45, 7) is 0. The number of fused-ring (bicyclic) bond motifs is 1. The molecule has 0 unspecified atom stereocenters. The number of nitro groups is 1. The fourth-order valence-corrected chi connectivity index (χ4v) is 2.77. The maximum Gasteiger partial charge on any atom is 0.287 e. The van der Waals surface area contributed by atoms with Crippen molar-refractivity contribution in [1.29, 1.82) is 5.26 Å². The van der Waals surface area contributed by atoms with E-state index < -0.39 is 4.92 Å². The smallest absolute Gasteiger partial charge is 0.287 e. The van der Waals surface area contributed by atoms with Gasteiger partial charge in [-0.25, -0.2) is 0 Å². The van der Waals surface area contributed by atoms with Crippen molar-refractivity contribution in [1.82, 2.24) is 0 Å². The van der Waals surface area contributed by atoms with Gasteiger partial charge >= 0.3 is 0 Å². The molecule has 0 atom stereocenters. The lowest BCUT2D eigenvalue weighted by Gasteiger charge is -2.13. The Morgan fingerprint density at radius 2 is 1.86 bits per heavy atom. The summed E-state index contributed by atoms with van der Waals surface area (Å²) in [6, 6.07) is 15.0. The van der Waals surface area contributed by atoms with E-state index >= 15 is 0 Å². The van der Waals surface area contributed by atoms with Gasteiger partial charge in [-0.05, 0) is 36.1 Å². The van der Waals surface area contributed by atoms with Crippen LogP contribution in [0.5, 0.6) is 0 Å². The van der Waals surface area contributed by atoms with Gasteiger partial charge in [-0.15, -0.1) is 0 Å². The molecule has 0 fully saturated rings. The van der Waals surface area contributed by atoms with Crippen LogP contribution in [0.25, 0.3) is 0 Å². The average molecular weight is 279 g/mol. The van der Waals surface area contributed by atoms with E-state index in [0.29, 0.717) is 0 Å². The van der Waals surface area contributed by atoms with E-state index in [1.807, 2.05) is 18.2 Å². The van der Waals surface area contributed by atoms with E-state index in [1.54, 1.807) is 12.1 Å². The minimum Gasteiger partial charge on any atom is -0.382 e. The number of hydrogen-bond acceptors (Lipinski definition) is 4. The third kappa shape index (κ3) is 2.56. The van der Waals surface area contributed by atoms with Crippen LogP contribution in [0.4, 0.5) is 11.4 Å². The Morgan fingerprint density at radius 1 is 1.19 bits per heavy atom. The van der Waals surface area contributed by atoms with Crippen LogP contribution in [-0.2, 0) is 12.8 Å². The second-order valence-electron chi connectivity index (χ2n) is 5.12.